The van der Waals surface area contributed by atoms with Crippen LogP contribution in [0.4, 0.5) is 5.00 Å². The first kappa shape index (κ1) is 9.06. The first-order valence-corrected chi connectivity index (χ1v) is 4.47. The minimum absolute atomic E-state index is 0.298. The predicted octanol–water partition coefficient (Wildman–Crippen LogP) is 1.68. The van der Waals surface area contributed by atoms with Crippen LogP contribution in [0.15, 0.2) is 6.07 Å². The van der Waals surface area contributed by atoms with E-state index in [0.717, 1.165) is 12.0 Å². The van der Waals surface area contributed by atoms with Gasteiger partial charge >= 0.3 is 5.97 Å². The van der Waals surface area contributed by atoms with Gasteiger partial charge in [-0.1, -0.05) is 6.92 Å². The third-order valence-electron chi connectivity index (χ3n) is 1.58. The summed E-state index contributed by atoms with van der Waals surface area (Å²) < 4.78 is 4.61. The molecule has 0 saturated carbocycles. The molecule has 12 heavy (non-hydrogen) atoms. The highest BCUT2D eigenvalue weighted by Crippen LogP contribution is 2.25. The third-order valence-corrected chi connectivity index (χ3v) is 2.57. The molecule has 0 unspecified atom stereocenters. The summed E-state index contributed by atoms with van der Waals surface area (Å²) >= 11 is 1.27. The maximum Gasteiger partial charge on any atom is 0.348 e. The van der Waals surface area contributed by atoms with E-state index in [2.05, 4.69) is 4.74 Å². The van der Waals surface area contributed by atoms with Crippen LogP contribution < -0.4 is 5.73 Å². The van der Waals surface area contributed by atoms with Crippen molar-refractivity contribution in [1.29, 1.82) is 0 Å². The van der Waals surface area contributed by atoms with Crippen LogP contribution in [0, 0.1) is 0 Å². The van der Waals surface area contributed by atoms with Gasteiger partial charge in [0.05, 0.1) is 12.1 Å². The number of rotatable bonds is 2. The van der Waals surface area contributed by atoms with E-state index in [1.807, 2.05) is 13.0 Å². The maximum absolute atomic E-state index is 11.1. The van der Waals surface area contributed by atoms with E-state index < -0.39 is 0 Å². The van der Waals surface area contributed by atoms with Crippen molar-refractivity contribution in [2.24, 2.45) is 0 Å². The molecule has 0 aliphatic heterocycles. The number of nitrogens with two attached hydrogens (primary N) is 1. The molecule has 66 valence electrons. The molecule has 3 nitrogen and oxygen atoms in total. The topological polar surface area (TPSA) is 52.3 Å². The molecule has 0 aliphatic carbocycles. The van der Waals surface area contributed by atoms with Crippen LogP contribution in [0.2, 0.25) is 0 Å². The van der Waals surface area contributed by atoms with Gasteiger partial charge in [-0.15, -0.1) is 11.3 Å². The number of ether oxygens (including phenoxy) is 1. The Bertz CT molecular complexity index is 293. The zero-order valence-corrected chi connectivity index (χ0v) is 7.90. The Morgan fingerprint density at radius 2 is 2.42 bits per heavy atom. The Morgan fingerprint density at radius 1 is 1.75 bits per heavy atom. The molecule has 0 bridgehead atoms. The van der Waals surface area contributed by atoms with Crippen LogP contribution in [0.5, 0.6) is 0 Å². The number of methoxy groups -OCH3 is 1. The Labute approximate surface area is 75.1 Å². The number of esters is 1. The van der Waals surface area contributed by atoms with Crippen molar-refractivity contribution in [1.82, 2.24) is 0 Å². The Balaban J connectivity index is 3.04. The lowest BCUT2D eigenvalue weighted by molar-refractivity contribution is 0.0605. The summed E-state index contributed by atoms with van der Waals surface area (Å²) in [6.07, 6.45) is 0.804. The molecule has 0 aromatic carbocycles. The maximum atomic E-state index is 11.1. The highest BCUT2D eigenvalue weighted by atomic mass is 32.1. The molecule has 1 aromatic rings. The molecule has 1 heterocycles. The Morgan fingerprint density at radius 3 is 2.92 bits per heavy atom. The average Bonchev–Trinajstić information content (AvgIpc) is 2.45. The lowest BCUT2D eigenvalue weighted by atomic mass is 10.2. The fourth-order valence-electron chi connectivity index (χ4n) is 0.978. The van der Waals surface area contributed by atoms with Gasteiger partial charge in [0.1, 0.15) is 4.88 Å². The lowest BCUT2D eigenvalue weighted by Crippen LogP contribution is -2.00. The molecule has 0 amide bonds. The summed E-state index contributed by atoms with van der Waals surface area (Å²) in [5.74, 6) is -0.298. The number of hydrogen-bond acceptors (Lipinski definition) is 4. The Kier molecular flexibility index (Phi) is 2.70. The molecule has 0 saturated heterocycles. The summed E-state index contributed by atoms with van der Waals surface area (Å²) in [4.78, 5) is 11.8. The minimum Gasteiger partial charge on any atom is -0.465 e. The minimum atomic E-state index is -0.298. The molecule has 0 spiro atoms. The van der Waals surface area contributed by atoms with E-state index >= 15 is 0 Å². The van der Waals surface area contributed by atoms with E-state index in [-0.39, 0.29) is 5.97 Å². The monoisotopic (exact) mass is 185 g/mol. The van der Waals surface area contributed by atoms with Crippen LogP contribution in [-0.4, -0.2) is 13.1 Å². The summed E-state index contributed by atoms with van der Waals surface area (Å²) in [5, 5.41) is 0.659. The number of carbonyl (C=O) groups is 1. The van der Waals surface area contributed by atoms with Crippen molar-refractivity contribution in [3.8, 4) is 0 Å². The van der Waals surface area contributed by atoms with E-state index in [4.69, 9.17) is 5.73 Å². The SMILES string of the molecule is CCc1cc(N)sc1C(=O)OC. The summed E-state index contributed by atoms with van der Waals surface area (Å²) in [5.41, 5.74) is 6.52. The number of anilines is 1. The molecule has 0 atom stereocenters. The van der Waals surface area contributed by atoms with E-state index in [9.17, 15) is 4.79 Å². The highest BCUT2D eigenvalue weighted by molar-refractivity contribution is 7.17. The number of thiophene rings is 1. The number of nitrogen functional groups attached to an aromatic ring is 1. The first-order chi connectivity index (χ1) is 5.69. The van der Waals surface area contributed by atoms with Crippen molar-refractivity contribution < 1.29 is 9.53 Å². The van der Waals surface area contributed by atoms with Crippen molar-refractivity contribution in [3.63, 3.8) is 0 Å². The molecule has 1 rings (SSSR count). The van der Waals surface area contributed by atoms with Crippen molar-refractivity contribution in [3.05, 3.63) is 16.5 Å². The highest BCUT2D eigenvalue weighted by Gasteiger charge is 2.13. The average molecular weight is 185 g/mol. The van der Waals surface area contributed by atoms with Gasteiger partial charge < -0.3 is 10.5 Å². The summed E-state index contributed by atoms with van der Waals surface area (Å²) in [6.45, 7) is 1.98. The van der Waals surface area contributed by atoms with E-state index in [1.165, 1.54) is 18.4 Å². The van der Waals surface area contributed by atoms with Gasteiger partial charge in [-0.3, -0.25) is 0 Å². The van der Waals surface area contributed by atoms with Crippen LogP contribution >= 0.6 is 11.3 Å². The lowest BCUT2D eigenvalue weighted by Gasteiger charge is -1.96. The van der Waals surface area contributed by atoms with Gasteiger partial charge in [-0.25, -0.2) is 4.79 Å². The quantitative estimate of drug-likeness (QED) is 0.713. The van der Waals surface area contributed by atoms with E-state index in [1.54, 1.807) is 0 Å². The van der Waals surface area contributed by atoms with E-state index in [0.29, 0.717) is 9.88 Å². The van der Waals surface area contributed by atoms with Gasteiger partial charge in [0.2, 0.25) is 0 Å². The molecular weight excluding hydrogens is 174 g/mol. The smallest absolute Gasteiger partial charge is 0.348 e. The van der Waals surface area contributed by atoms with Crippen LogP contribution in [0.3, 0.4) is 0 Å². The fraction of sp³-hybridized carbons (Fsp3) is 0.375. The second-order valence-electron chi connectivity index (χ2n) is 2.35. The Hall–Kier alpha value is -1.03. The summed E-state index contributed by atoms with van der Waals surface area (Å²) in [6, 6.07) is 1.82. The normalized spacial score (nSPS) is 9.83. The van der Waals surface area contributed by atoms with Crippen LogP contribution in [-0.2, 0) is 11.2 Å². The standard InChI is InChI=1S/C8H11NO2S/c1-3-5-4-6(9)12-7(5)8(10)11-2/h4H,3,9H2,1-2H3. The zero-order valence-electron chi connectivity index (χ0n) is 7.09. The fourth-order valence-corrected chi connectivity index (χ4v) is 1.92. The number of hydrogen-bond donors (Lipinski definition) is 1. The van der Waals surface area contributed by atoms with Crippen LogP contribution in [0.1, 0.15) is 22.2 Å². The molecule has 2 N–H and O–H groups in total. The number of carbonyl (C=O) groups excluding carboxylic acids is 1. The van der Waals surface area contributed by atoms with Gasteiger partial charge in [0.25, 0.3) is 0 Å². The molecule has 1 aromatic heterocycles. The molecular formula is C8H11NO2S. The van der Waals surface area contributed by atoms with Crippen molar-refractivity contribution in [2.45, 2.75) is 13.3 Å². The molecule has 0 radical (unpaired) electrons. The largest absolute Gasteiger partial charge is 0.465 e. The van der Waals surface area contributed by atoms with Gasteiger partial charge in [-0.05, 0) is 18.1 Å². The van der Waals surface area contributed by atoms with Gasteiger partial charge in [0.15, 0.2) is 0 Å². The van der Waals surface area contributed by atoms with Crippen molar-refractivity contribution >= 4 is 22.3 Å². The second-order valence-corrected chi connectivity index (χ2v) is 3.43. The molecule has 4 heteroatoms. The molecule has 0 aliphatic rings. The molecule has 0 fully saturated rings. The van der Waals surface area contributed by atoms with Crippen molar-refractivity contribution in [2.75, 3.05) is 12.8 Å². The second kappa shape index (κ2) is 3.58. The van der Waals surface area contributed by atoms with Crippen LogP contribution in [0.25, 0.3) is 0 Å². The zero-order chi connectivity index (χ0) is 9.14. The first-order valence-electron chi connectivity index (χ1n) is 3.65. The van der Waals surface area contributed by atoms with Gasteiger partial charge in [0, 0.05) is 0 Å². The predicted molar refractivity (Wildman–Crippen MR) is 49.4 cm³/mol. The summed E-state index contributed by atoms with van der Waals surface area (Å²) in [7, 11) is 1.37. The van der Waals surface area contributed by atoms with Gasteiger partial charge in [-0.2, -0.15) is 0 Å². The number of aryl methyl sites for hydroxylation is 1. The third kappa shape index (κ3) is 1.58.